The van der Waals surface area contributed by atoms with Crippen molar-refractivity contribution < 1.29 is 0 Å². The molecular formula is C8H4N4O. The first kappa shape index (κ1) is 6.47. The molecule has 0 unspecified atom stereocenters. The molecule has 1 N–H and O–H groups in total. The van der Waals surface area contributed by atoms with E-state index in [1.165, 1.54) is 0 Å². The van der Waals surface area contributed by atoms with E-state index in [0.29, 0.717) is 10.8 Å². The standard InChI is InChI=1S/C8H4N4O/c13-8-6-5(3-10-12-6)4-1-2-9-7(4)11-8/h1-3H,(H,9,11,13). The van der Waals surface area contributed by atoms with Crippen molar-refractivity contribution in [3.63, 3.8) is 0 Å². The van der Waals surface area contributed by atoms with Gasteiger partial charge in [0.1, 0.15) is 5.49 Å². The Balaban J connectivity index is 2.66. The van der Waals surface area contributed by atoms with Crippen LogP contribution in [0.1, 0.15) is 11.1 Å². The van der Waals surface area contributed by atoms with Gasteiger partial charge >= 0.3 is 0 Å². The van der Waals surface area contributed by atoms with Gasteiger partial charge < -0.3 is 4.98 Å². The van der Waals surface area contributed by atoms with E-state index >= 15 is 0 Å². The zero-order valence-electron chi connectivity index (χ0n) is 6.48. The minimum Gasteiger partial charge on any atom is -0.305 e. The first-order chi connectivity index (χ1) is 6.36. The molecule has 2 aliphatic rings. The fourth-order valence-corrected chi connectivity index (χ4v) is 1.44. The van der Waals surface area contributed by atoms with E-state index in [2.05, 4.69) is 20.2 Å². The number of rotatable bonds is 0. The van der Waals surface area contributed by atoms with Crippen molar-refractivity contribution in [1.82, 2.24) is 4.98 Å². The van der Waals surface area contributed by atoms with Gasteiger partial charge in [-0.3, -0.25) is 4.79 Å². The molecule has 1 aromatic rings. The van der Waals surface area contributed by atoms with Gasteiger partial charge in [-0.25, -0.2) is 4.99 Å². The van der Waals surface area contributed by atoms with Gasteiger partial charge in [0, 0.05) is 17.3 Å². The van der Waals surface area contributed by atoms with Crippen molar-refractivity contribution in [3.8, 4) is 0 Å². The van der Waals surface area contributed by atoms with Crippen LogP contribution in [-0.2, 0) is 0 Å². The van der Waals surface area contributed by atoms with Crippen LogP contribution >= 0.6 is 0 Å². The monoisotopic (exact) mass is 172 g/mol. The van der Waals surface area contributed by atoms with Gasteiger partial charge in [-0.05, 0) is 6.08 Å². The molecule has 1 aromatic heterocycles. The molecule has 0 atom stereocenters. The highest BCUT2D eigenvalue weighted by atomic mass is 16.1. The highest BCUT2D eigenvalue weighted by Crippen LogP contribution is 2.03. The van der Waals surface area contributed by atoms with Crippen LogP contribution in [0.4, 0.5) is 0 Å². The lowest BCUT2D eigenvalue weighted by Crippen LogP contribution is -2.37. The minimum absolute atomic E-state index is 0.237. The molecule has 0 aromatic carbocycles. The average Bonchev–Trinajstić information content (AvgIpc) is 2.66. The van der Waals surface area contributed by atoms with Gasteiger partial charge in [0.2, 0.25) is 0 Å². The minimum atomic E-state index is -0.237. The highest BCUT2D eigenvalue weighted by Gasteiger charge is 2.12. The molecule has 0 spiro atoms. The molecule has 2 aliphatic heterocycles. The maximum atomic E-state index is 11.4. The number of aromatic amines is 1. The molecular weight excluding hydrogens is 168 g/mol. The summed E-state index contributed by atoms with van der Waals surface area (Å²) in [6, 6.07) is 0. The lowest BCUT2D eigenvalue weighted by atomic mass is 10.1. The smallest absolute Gasteiger partial charge is 0.278 e. The topological polar surface area (TPSA) is 69.9 Å². The van der Waals surface area contributed by atoms with Gasteiger partial charge in [0.15, 0.2) is 5.36 Å². The van der Waals surface area contributed by atoms with Crippen molar-refractivity contribution in [2.45, 2.75) is 0 Å². The second kappa shape index (κ2) is 2.01. The zero-order chi connectivity index (χ0) is 8.84. The molecule has 13 heavy (non-hydrogen) atoms. The van der Waals surface area contributed by atoms with Crippen LogP contribution in [0.15, 0.2) is 26.2 Å². The van der Waals surface area contributed by atoms with E-state index in [0.717, 1.165) is 11.1 Å². The summed E-state index contributed by atoms with van der Waals surface area (Å²) in [5, 5.41) is 7.80. The largest absolute Gasteiger partial charge is 0.305 e. The Hall–Kier alpha value is -2.04. The zero-order valence-corrected chi connectivity index (χ0v) is 6.48. The van der Waals surface area contributed by atoms with E-state index in [1.807, 2.05) is 6.08 Å². The Morgan fingerprint density at radius 3 is 3.15 bits per heavy atom. The molecule has 0 amide bonds. The van der Waals surface area contributed by atoms with Gasteiger partial charge in [-0.1, -0.05) is 0 Å². The summed E-state index contributed by atoms with van der Waals surface area (Å²) in [6.07, 6.45) is 5.05. The summed E-state index contributed by atoms with van der Waals surface area (Å²) in [7, 11) is 0. The summed E-state index contributed by atoms with van der Waals surface area (Å²) < 4.78 is 0. The van der Waals surface area contributed by atoms with Crippen molar-refractivity contribution in [2.75, 3.05) is 0 Å². The number of pyridine rings is 1. The van der Waals surface area contributed by atoms with Crippen molar-refractivity contribution in [1.29, 1.82) is 0 Å². The molecule has 0 bridgehead atoms. The summed E-state index contributed by atoms with van der Waals surface area (Å²) in [5.41, 5.74) is 2.00. The summed E-state index contributed by atoms with van der Waals surface area (Å²) in [4.78, 5) is 18.0. The Kier molecular flexibility index (Phi) is 0.999. The normalized spacial score (nSPS) is 15.1. The lowest BCUT2D eigenvalue weighted by molar-refractivity contribution is 1.04. The number of H-pyrrole nitrogens is 1. The van der Waals surface area contributed by atoms with E-state index in [-0.39, 0.29) is 5.56 Å². The van der Waals surface area contributed by atoms with E-state index in [9.17, 15) is 4.79 Å². The average molecular weight is 172 g/mol. The van der Waals surface area contributed by atoms with E-state index in [4.69, 9.17) is 0 Å². The van der Waals surface area contributed by atoms with Crippen molar-refractivity contribution in [3.05, 3.63) is 38.5 Å². The van der Waals surface area contributed by atoms with Crippen molar-refractivity contribution in [2.24, 2.45) is 15.2 Å². The molecule has 5 heteroatoms. The third-order valence-corrected chi connectivity index (χ3v) is 2.04. The van der Waals surface area contributed by atoms with Gasteiger partial charge in [0.05, 0.1) is 6.21 Å². The van der Waals surface area contributed by atoms with Gasteiger partial charge in [-0.2, -0.15) is 5.10 Å². The number of hydrogen-bond acceptors (Lipinski definition) is 4. The molecule has 0 saturated heterocycles. The third-order valence-electron chi connectivity index (χ3n) is 2.04. The van der Waals surface area contributed by atoms with E-state index in [1.54, 1.807) is 12.4 Å². The maximum Gasteiger partial charge on any atom is 0.278 e. The number of nitrogens with one attached hydrogen (secondary N) is 1. The SMILES string of the molecule is O=c1[nH]c2c(c3c1=NN=C3)C=CN=2. The van der Waals surface area contributed by atoms with Crippen molar-refractivity contribution >= 4 is 12.3 Å². The number of nitrogens with zero attached hydrogens (tertiary/aromatic N) is 3. The fraction of sp³-hybridized carbons (Fsp3) is 0. The molecule has 62 valence electrons. The molecule has 0 aliphatic carbocycles. The van der Waals surface area contributed by atoms with Gasteiger partial charge in [-0.15, -0.1) is 5.10 Å². The van der Waals surface area contributed by atoms with Crippen LogP contribution in [-0.4, -0.2) is 11.2 Å². The summed E-state index contributed by atoms with van der Waals surface area (Å²) in [6.45, 7) is 0. The van der Waals surface area contributed by atoms with Crippen LogP contribution < -0.4 is 16.4 Å². The molecule has 3 rings (SSSR count). The number of aromatic nitrogens is 1. The maximum absolute atomic E-state index is 11.4. The lowest BCUT2D eigenvalue weighted by Gasteiger charge is -1.92. The highest BCUT2D eigenvalue weighted by molar-refractivity contribution is 5.86. The number of fused-ring (bicyclic) bond motifs is 3. The molecule has 5 nitrogen and oxygen atoms in total. The molecule has 3 heterocycles. The first-order valence-electron chi connectivity index (χ1n) is 3.78. The van der Waals surface area contributed by atoms with Gasteiger partial charge in [0.25, 0.3) is 5.56 Å². The summed E-state index contributed by atoms with van der Waals surface area (Å²) >= 11 is 0. The Morgan fingerprint density at radius 1 is 1.31 bits per heavy atom. The molecule has 0 fully saturated rings. The second-order valence-electron chi connectivity index (χ2n) is 2.77. The predicted octanol–water partition coefficient (Wildman–Crippen LogP) is -1.05. The third kappa shape index (κ3) is 0.703. The van der Waals surface area contributed by atoms with Crippen LogP contribution in [0.3, 0.4) is 0 Å². The van der Waals surface area contributed by atoms with E-state index < -0.39 is 0 Å². The first-order valence-corrected chi connectivity index (χ1v) is 3.78. The quantitative estimate of drug-likeness (QED) is 0.532. The Morgan fingerprint density at radius 2 is 2.23 bits per heavy atom. The molecule has 0 radical (unpaired) electrons. The van der Waals surface area contributed by atoms with Crippen LogP contribution in [0.5, 0.6) is 0 Å². The van der Waals surface area contributed by atoms with Crippen LogP contribution in [0, 0.1) is 0 Å². The second-order valence-corrected chi connectivity index (χ2v) is 2.77. The fourth-order valence-electron chi connectivity index (χ4n) is 1.44. The molecule has 0 saturated carbocycles. The number of hydrogen-bond donors (Lipinski definition) is 1. The van der Waals surface area contributed by atoms with Crippen LogP contribution in [0.25, 0.3) is 6.08 Å². The summed E-state index contributed by atoms with van der Waals surface area (Å²) in [5.74, 6) is 0. The predicted molar refractivity (Wildman–Crippen MR) is 46.0 cm³/mol. The Bertz CT molecular complexity index is 621. The van der Waals surface area contributed by atoms with Crippen LogP contribution in [0.2, 0.25) is 0 Å². The Labute approximate surface area is 71.9 Å².